The SMILES string of the molecule is O=C(Nc1cnc(Cl)nc1Cl)c1ccccc1F. The second-order valence-electron chi connectivity index (χ2n) is 3.28. The molecule has 0 bridgehead atoms. The second-order valence-corrected chi connectivity index (χ2v) is 3.97. The maximum Gasteiger partial charge on any atom is 0.258 e. The number of rotatable bonds is 2. The number of hydrogen-bond donors (Lipinski definition) is 1. The van der Waals surface area contributed by atoms with Crippen LogP contribution in [0.5, 0.6) is 0 Å². The molecule has 4 nitrogen and oxygen atoms in total. The lowest BCUT2D eigenvalue weighted by Crippen LogP contribution is -2.14. The summed E-state index contributed by atoms with van der Waals surface area (Å²) in [6, 6.07) is 5.59. The third-order valence-electron chi connectivity index (χ3n) is 2.08. The molecule has 0 atom stereocenters. The average molecular weight is 286 g/mol. The van der Waals surface area contributed by atoms with Crippen molar-refractivity contribution in [3.8, 4) is 0 Å². The summed E-state index contributed by atoms with van der Waals surface area (Å²) in [5.41, 5.74) is 0.0674. The Morgan fingerprint density at radius 3 is 2.67 bits per heavy atom. The third-order valence-corrected chi connectivity index (χ3v) is 2.55. The number of anilines is 1. The Bertz CT molecular complexity index is 607. The van der Waals surface area contributed by atoms with E-state index in [4.69, 9.17) is 23.2 Å². The summed E-state index contributed by atoms with van der Waals surface area (Å²) >= 11 is 11.3. The van der Waals surface area contributed by atoms with E-state index >= 15 is 0 Å². The van der Waals surface area contributed by atoms with Gasteiger partial charge < -0.3 is 5.32 Å². The monoisotopic (exact) mass is 285 g/mol. The number of halogens is 3. The molecule has 0 aliphatic carbocycles. The van der Waals surface area contributed by atoms with Gasteiger partial charge >= 0.3 is 0 Å². The molecule has 92 valence electrons. The van der Waals surface area contributed by atoms with Crippen molar-refractivity contribution >= 4 is 34.8 Å². The van der Waals surface area contributed by atoms with Crippen molar-refractivity contribution in [2.24, 2.45) is 0 Å². The fourth-order valence-electron chi connectivity index (χ4n) is 1.26. The fourth-order valence-corrected chi connectivity index (χ4v) is 1.61. The number of carbonyl (C=O) groups excluding carboxylic acids is 1. The fraction of sp³-hybridized carbons (Fsp3) is 0. The van der Waals surface area contributed by atoms with Gasteiger partial charge in [0.25, 0.3) is 5.91 Å². The Balaban J connectivity index is 2.24. The van der Waals surface area contributed by atoms with E-state index in [1.807, 2.05) is 0 Å². The van der Waals surface area contributed by atoms with E-state index in [2.05, 4.69) is 15.3 Å². The predicted molar refractivity (Wildman–Crippen MR) is 66.4 cm³/mol. The zero-order valence-corrected chi connectivity index (χ0v) is 10.3. The largest absolute Gasteiger partial charge is 0.318 e. The maximum absolute atomic E-state index is 13.4. The van der Waals surface area contributed by atoms with Crippen LogP contribution in [0.25, 0.3) is 0 Å². The Morgan fingerprint density at radius 2 is 2.00 bits per heavy atom. The van der Waals surface area contributed by atoms with Gasteiger partial charge in [0.1, 0.15) is 5.82 Å². The first kappa shape index (κ1) is 12.7. The van der Waals surface area contributed by atoms with Gasteiger partial charge in [-0.2, -0.15) is 0 Å². The molecule has 18 heavy (non-hydrogen) atoms. The second kappa shape index (κ2) is 5.29. The number of amides is 1. The molecule has 1 aromatic carbocycles. The maximum atomic E-state index is 13.4. The molecule has 0 spiro atoms. The van der Waals surface area contributed by atoms with Crippen LogP contribution in [0, 0.1) is 5.82 Å². The summed E-state index contributed by atoms with van der Waals surface area (Å²) in [5.74, 6) is -1.26. The molecule has 0 radical (unpaired) electrons. The molecule has 7 heteroatoms. The lowest BCUT2D eigenvalue weighted by Gasteiger charge is -2.06. The van der Waals surface area contributed by atoms with Crippen molar-refractivity contribution in [3.05, 3.63) is 52.3 Å². The zero-order valence-electron chi connectivity index (χ0n) is 8.82. The van der Waals surface area contributed by atoms with E-state index in [-0.39, 0.29) is 21.7 Å². The minimum absolute atomic E-state index is 0.0142. The number of aromatic nitrogens is 2. The minimum atomic E-state index is -0.638. The molecule has 1 amide bonds. The first-order valence-electron chi connectivity index (χ1n) is 4.82. The highest BCUT2D eigenvalue weighted by molar-refractivity contribution is 6.34. The molecule has 0 saturated carbocycles. The highest BCUT2D eigenvalue weighted by atomic mass is 35.5. The number of benzene rings is 1. The normalized spacial score (nSPS) is 10.2. The molecule has 2 rings (SSSR count). The van der Waals surface area contributed by atoms with E-state index in [1.54, 1.807) is 6.07 Å². The first-order chi connectivity index (χ1) is 8.58. The number of nitrogens with one attached hydrogen (secondary N) is 1. The van der Waals surface area contributed by atoms with E-state index < -0.39 is 11.7 Å². The molecule has 0 saturated heterocycles. The first-order valence-corrected chi connectivity index (χ1v) is 5.57. The lowest BCUT2D eigenvalue weighted by atomic mass is 10.2. The number of hydrogen-bond acceptors (Lipinski definition) is 3. The zero-order chi connectivity index (χ0) is 13.1. The Kier molecular flexibility index (Phi) is 3.74. The van der Waals surface area contributed by atoms with Crippen LogP contribution in [0.15, 0.2) is 30.5 Å². The summed E-state index contributed by atoms with van der Waals surface area (Å²) in [4.78, 5) is 19.1. The van der Waals surface area contributed by atoms with Crippen LogP contribution in [-0.4, -0.2) is 15.9 Å². The van der Waals surface area contributed by atoms with Gasteiger partial charge in [-0.1, -0.05) is 23.7 Å². The van der Waals surface area contributed by atoms with Crippen LogP contribution >= 0.6 is 23.2 Å². The van der Waals surface area contributed by atoms with Crippen molar-refractivity contribution in [2.75, 3.05) is 5.32 Å². The summed E-state index contributed by atoms with van der Waals surface area (Å²) in [7, 11) is 0. The molecule has 2 aromatic rings. The van der Waals surface area contributed by atoms with E-state index in [0.29, 0.717) is 0 Å². The lowest BCUT2D eigenvalue weighted by molar-refractivity contribution is 0.102. The molecular formula is C11H6Cl2FN3O. The topological polar surface area (TPSA) is 54.9 Å². The number of nitrogens with zero attached hydrogens (tertiary/aromatic N) is 2. The predicted octanol–water partition coefficient (Wildman–Crippen LogP) is 3.17. The van der Waals surface area contributed by atoms with E-state index in [9.17, 15) is 9.18 Å². The van der Waals surface area contributed by atoms with Crippen molar-refractivity contribution in [3.63, 3.8) is 0 Å². The molecule has 0 fully saturated rings. The van der Waals surface area contributed by atoms with Gasteiger partial charge in [0.2, 0.25) is 5.28 Å². The highest BCUT2D eigenvalue weighted by Gasteiger charge is 2.13. The quantitative estimate of drug-likeness (QED) is 0.681. The third kappa shape index (κ3) is 2.75. The summed E-state index contributed by atoms with van der Waals surface area (Å²) < 4.78 is 13.4. The van der Waals surface area contributed by atoms with Gasteiger partial charge in [0, 0.05) is 0 Å². The van der Waals surface area contributed by atoms with Crippen LogP contribution in [0.4, 0.5) is 10.1 Å². The summed E-state index contributed by atoms with van der Waals surface area (Å²) in [6.07, 6.45) is 1.25. The van der Waals surface area contributed by atoms with Crippen molar-refractivity contribution in [2.45, 2.75) is 0 Å². The van der Waals surface area contributed by atoms with Crippen LogP contribution in [0.1, 0.15) is 10.4 Å². The Morgan fingerprint density at radius 1 is 1.28 bits per heavy atom. The van der Waals surface area contributed by atoms with Gasteiger partial charge in [0.05, 0.1) is 17.4 Å². The molecule has 0 aliphatic rings. The Hall–Kier alpha value is -1.72. The van der Waals surface area contributed by atoms with E-state index in [1.165, 1.54) is 24.4 Å². The van der Waals surface area contributed by atoms with Gasteiger partial charge in [0.15, 0.2) is 5.15 Å². The molecular weight excluding hydrogens is 280 g/mol. The average Bonchev–Trinajstić information content (AvgIpc) is 2.33. The van der Waals surface area contributed by atoms with Crippen molar-refractivity contribution < 1.29 is 9.18 Å². The van der Waals surface area contributed by atoms with E-state index in [0.717, 1.165) is 0 Å². The van der Waals surface area contributed by atoms with Crippen LogP contribution in [0.2, 0.25) is 10.4 Å². The van der Waals surface area contributed by atoms with Crippen LogP contribution in [-0.2, 0) is 0 Å². The molecule has 1 heterocycles. The molecule has 1 aromatic heterocycles. The number of carbonyl (C=O) groups is 1. The summed E-state index contributed by atoms with van der Waals surface area (Å²) in [6.45, 7) is 0. The standard InChI is InChI=1S/C11H6Cl2FN3O/c12-9-8(5-15-11(13)17-9)16-10(18)6-3-1-2-4-7(6)14/h1-5H,(H,16,18). The van der Waals surface area contributed by atoms with Gasteiger partial charge in [-0.3, -0.25) is 4.79 Å². The van der Waals surface area contributed by atoms with Gasteiger partial charge in [-0.25, -0.2) is 14.4 Å². The molecule has 1 N–H and O–H groups in total. The van der Waals surface area contributed by atoms with Crippen LogP contribution < -0.4 is 5.32 Å². The molecule has 0 unspecified atom stereocenters. The van der Waals surface area contributed by atoms with Crippen LogP contribution in [0.3, 0.4) is 0 Å². The summed E-state index contributed by atoms with van der Waals surface area (Å²) in [5, 5.41) is 2.35. The highest BCUT2D eigenvalue weighted by Crippen LogP contribution is 2.20. The smallest absolute Gasteiger partial charge is 0.258 e. The van der Waals surface area contributed by atoms with Gasteiger partial charge in [-0.05, 0) is 23.7 Å². The van der Waals surface area contributed by atoms with Crippen molar-refractivity contribution in [1.29, 1.82) is 0 Å². The van der Waals surface area contributed by atoms with Gasteiger partial charge in [-0.15, -0.1) is 0 Å². The van der Waals surface area contributed by atoms with Crippen molar-refractivity contribution in [1.82, 2.24) is 9.97 Å². The minimum Gasteiger partial charge on any atom is -0.318 e. The Labute approximate surface area is 112 Å². The molecule has 0 aliphatic heterocycles.